The summed E-state index contributed by atoms with van der Waals surface area (Å²) in [6.45, 7) is 5.78. The molecule has 0 bridgehead atoms. The van der Waals surface area contributed by atoms with Crippen LogP contribution in [0.5, 0.6) is 0 Å². The molecular formula is C19H26N4O3S. The maximum absolute atomic E-state index is 12.7. The summed E-state index contributed by atoms with van der Waals surface area (Å²) in [5, 5.41) is 2.79. The first-order valence-corrected chi connectivity index (χ1v) is 10.1. The van der Waals surface area contributed by atoms with Crippen molar-refractivity contribution < 1.29 is 13.2 Å². The number of hydrogen-bond acceptors (Lipinski definition) is 4. The summed E-state index contributed by atoms with van der Waals surface area (Å²) in [7, 11) is -0.424. The van der Waals surface area contributed by atoms with Crippen LogP contribution in [-0.4, -0.2) is 48.8 Å². The van der Waals surface area contributed by atoms with E-state index < -0.39 is 10.0 Å². The molecule has 2 amide bonds. The fraction of sp³-hybridized carbons (Fsp3) is 0.368. The van der Waals surface area contributed by atoms with Crippen molar-refractivity contribution in [2.24, 2.45) is 0 Å². The smallest absolute Gasteiger partial charge is 0.321 e. The lowest BCUT2D eigenvalue weighted by molar-refractivity contribution is 0.220. The van der Waals surface area contributed by atoms with Gasteiger partial charge in [-0.1, -0.05) is 12.1 Å². The van der Waals surface area contributed by atoms with E-state index in [0.717, 1.165) is 11.3 Å². The second-order valence-electron chi connectivity index (χ2n) is 6.70. The molecule has 1 heterocycles. The Hall–Kier alpha value is -2.45. The number of amides is 2. The number of anilines is 1. The predicted molar refractivity (Wildman–Crippen MR) is 106 cm³/mol. The molecule has 0 fully saturated rings. The Morgan fingerprint density at radius 2 is 1.89 bits per heavy atom. The molecule has 0 aliphatic heterocycles. The van der Waals surface area contributed by atoms with Gasteiger partial charge in [0.25, 0.3) is 0 Å². The number of nitrogens with zero attached hydrogens (tertiary/aromatic N) is 3. The average Bonchev–Trinajstić information content (AvgIpc) is 2.63. The van der Waals surface area contributed by atoms with Crippen molar-refractivity contribution >= 4 is 21.7 Å². The van der Waals surface area contributed by atoms with Crippen LogP contribution in [0, 0.1) is 6.92 Å². The number of carbonyl (C=O) groups excluding carboxylic acids is 1. The van der Waals surface area contributed by atoms with Crippen LogP contribution in [0.1, 0.15) is 25.1 Å². The van der Waals surface area contributed by atoms with Crippen molar-refractivity contribution in [3.63, 3.8) is 0 Å². The largest absolute Gasteiger partial charge is 0.322 e. The Labute approximate surface area is 161 Å². The van der Waals surface area contributed by atoms with Gasteiger partial charge in [0.1, 0.15) is 0 Å². The van der Waals surface area contributed by atoms with E-state index in [4.69, 9.17) is 0 Å². The minimum atomic E-state index is -3.62. The topological polar surface area (TPSA) is 82.6 Å². The van der Waals surface area contributed by atoms with Crippen LogP contribution < -0.4 is 5.32 Å². The van der Waals surface area contributed by atoms with E-state index in [1.54, 1.807) is 46.3 Å². The molecule has 0 saturated heterocycles. The minimum Gasteiger partial charge on any atom is -0.322 e. The summed E-state index contributed by atoms with van der Waals surface area (Å²) in [4.78, 5) is 18.3. The number of rotatable bonds is 6. The van der Waals surface area contributed by atoms with E-state index in [2.05, 4.69) is 10.3 Å². The van der Waals surface area contributed by atoms with Gasteiger partial charge in [-0.25, -0.2) is 13.2 Å². The van der Waals surface area contributed by atoms with E-state index in [-0.39, 0.29) is 17.0 Å². The summed E-state index contributed by atoms with van der Waals surface area (Å²) in [5.41, 5.74) is 2.01. The molecule has 0 spiro atoms. The van der Waals surface area contributed by atoms with Crippen molar-refractivity contribution in [2.75, 3.05) is 19.4 Å². The highest BCUT2D eigenvalue weighted by Crippen LogP contribution is 2.23. The maximum atomic E-state index is 12.7. The number of nitrogens with one attached hydrogen (secondary N) is 1. The molecule has 8 heteroatoms. The van der Waals surface area contributed by atoms with Crippen LogP contribution in [0.2, 0.25) is 0 Å². The SMILES string of the molecule is Cc1ccc(S(=O)(=O)N(C)C(C)C)cc1NC(=O)N(C)Cc1ccccn1. The molecule has 7 nitrogen and oxygen atoms in total. The normalized spacial score (nSPS) is 11.7. The first kappa shape index (κ1) is 20.9. The Balaban J connectivity index is 2.20. The molecule has 1 N–H and O–H groups in total. The fourth-order valence-corrected chi connectivity index (χ4v) is 3.75. The number of sulfonamides is 1. The highest BCUT2D eigenvalue weighted by atomic mass is 32.2. The van der Waals surface area contributed by atoms with Crippen molar-refractivity contribution in [1.29, 1.82) is 0 Å². The van der Waals surface area contributed by atoms with Gasteiger partial charge in [0.05, 0.1) is 17.1 Å². The summed E-state index contributed by atoms with van der Waals surface area (Å²) in [6.07, 6.45) is 1.67. The van der Waals surface area contributed by atoms with Gasteiger partial charge in [-0.15, -0.1) is 0 Å². The van der Waals surface area contributed by atoms with Gasteiger partial charge in [-0.2, -0.15) is 4.31 Å². The second-order valence-corrected chi connectivity index (χ2v) is 8.70. The Morgan fingerprint density at radius 1 is 1.19 bits per heavy atom. The highest BCUT2D eigenvalue weighted by Gasteiger charge is 2.24. The molecule has 0 saturated carbocycles. The molecule has 27 heavy (non-hydrogen) atoms. The fourth-order valence-electron chi connectivity index (χ4n) is 2.36. The summed E-state index contributed by atoms with van der Waals surface area (Å²) in [5.74, 6) is 0. The van der Waals surface area contributed by atoms with Crippen LogP contribution in [0.4, 0.5) is 10.5 Å². The molecule has 2 aromatic rings. The maximum Gasteiger partial charge on any atom is 0.321 e. The zero-order valence-corrected chi connectivity index (χ0v) is 17.1. The minimum absolute atomic E-state index is 0.145. The number of urea groups is 1. The number of aryl methyl sites for hydroxylation is 1. The van der Waals surface area contributed by atoms with E-state index >= 15 is 0 Å². The molecule has 0 atom stereocenters. The third-order valence-corrected chi connectivity index (χ3v) is 6.36. The number of benzene rings is 1. The van der Waals surface area contributed by atoms with Gasteiger partial charge in [0, 0.05) is 32.0 Å². The Bertz CT molecular complexity index is 898. The number of carbonyl (C=O) groups is 1. The average molecular weight is 391 g/mol. The number of pyridine rings is 1. The van der Waals surface area contributed by atoms with Crippen LogP contribution in [0.25, 0.3) is 0 Å². The van der Waals surface area contributed by atoms with Crippen LogP contribution in [0.3, 0.4) is 0 Å². The van der Waals surface area contributed by atoms with E-state index in [1.165, 1.54) is 15.3 Å². The van der Waals surface area contributed by atoms with E-state index in [9.17, 15) is 13.2 Å². The second kappa shape index (κ2) is 8.49. The molecule has 0 radical (unpaired) electrons. The third kappa shape index (κ3) is 5.05. The van der Waals surface area contributed by atoms with E-state index in [0.29, 0.717) is 12.2 Å². The van der Waals surface area contributed by atoms with Crippen molar-refractivity contribution in [1.82, 2.24) is 14.2 Å². The molecule has 0 aliphatic rings. The summed E-state index contributed by atoms with van der Waals surface area (Å²) < 4.78 is 26.7. The van der Waals surface area contributed by atoms with Gasteiger partial charge in [-0.05, 0) is 50.6 Å². The van der Waals surface area contributed by atoms with Gasteiger partial charge >= 0.3 is 6.03 Å². The summed E-state index contributed by atoms with van der Waals surface area (Å²) >= 11 is 0. The quantitative estimate of drug-likeness (QED) is 0.822. The van der Waals surface area contributed by atoms with Gasteiger partial charge in [0.2, 0.25) is 10.0 Å². The van der Waals surface area contributed by atoms with Crippen LogP contribution in [-0.2, 0) is 16.6 Å². The van der Waals surface area contributed by atoms with E-state index in [1.807, 2.05) is 25.1 Å². The molecule has 0 unspecified atom stereocenters. The molecule has 2 rings (SSSR count). The standard InChI is InChI=1S/C19H26N4O3S/c1-14(2)23(5)27(25,26)17-10-9-15(3)18(12-17)21-19(24)22(4)13-16-8-6-7-11-20-16/h6-12,14H,13H2,1-5H3,(H,21,24). The predicted octanol–water partition coefficient (Wildman–Crippen LogP) is 3.08. The molecule has 1 aromatic carbocycles. The van der Waals surface area contributed by atoms with Crippen LogP contribution in [0.15, 0.2) is 47.5 Å². The van der Waals surface area contributed by atoms with Crippen molar-refractivity contribution in [2.45, 2.75) is 38.3 Å². The van der Waals surface area contributed by atoms with Gasteiger partial charge < -0.3 is 10.2 Å². The van der Waals surface area contributed by atoms with Crippen molar-refractivity contribution in [3.8, 4) is 0 Å². The number of hydrogen-bond donors (Lipinski definition) is 1. The highest BCUT2D eigenvalue weighted by molar-refractivity contribution is 7.89. The Kier molecular flexibility index (Phi) is 6.56. The lowest BCUT2D eigenvalue weighted by Gasteiger charge is -2.22. The van der Waals surface area contributed by atoms with Crippen molar-refractivity contribution in [3.05, 3.63) is 53.9 Å². The zero-order chi connectivity index (χ0) is 20.2. The number of aromatic nitrogens is 1. The molecular weight excluding hydrogens is 364 g/mol. The first-order valence-electron chi connectivity index (χ1n) is 8.63. The Morgan fingerprint density at radius 3 is 2.48 bits per heavy atom. The van der Waals surface area contributed by atoms with Gasteiger partial charge in [-0.3, -0.25) is 4.98 Å². The lowest BCUT2D eigenvalue weighted by Crippen LogP contribution is -2.33. The lowest BCUT2D eigenvalue weighted by atomic mass is 10.2. The third-order valence-electron chi connectivity index (χ3n) is 4.33. The van der Waals surface area contributed by atoms with Gasteiger partial charge in [0.15, 0.2) is 0 Å². The molecule has 1 aromatic heterocycles. The first-order chi connectivity index (χ1) is 12.6. The monoisotopic (exact) mass is 390 g/mol. The van der Waals surface area contributed by atoms with Crippen LogP contribution >= 0.6 is 0 Å². The summed E-state index contributed by atoms with van der Waals surface area (Å²) in [6, 6.07) is 9.74. The molecule has 146 valence electrons. The zero-order valence-electron chi connectivity index (χ0n) is 16.3. The molecule has 0 aliphatic carbocycles.